The summed E-state index contributed by atoms with van der Waals surface area (Å²) in [6, 6.07) is 14.2. The van der Waals surface area contributed by atoms with Crippen molar-refractivity contribution < 1.29 is 4.79 Å². The number of H-pyrrole nitrogens is 1. The molecule has 2 aromatic carbocycles. The van der Waals surface area contributed by atoms with Gasteiger partial charge >= 0.3 is 0 Å². The van der Waals surface area contributed by atoms with E-state index in [0.717, 1.165) is 17.6 Å². The van der Waals surface area contributed by atoms with Gasteiger partial charge in [-0.2, -0.15) is 4.68 Å². The summed E-state index contributed by atoms with van der Waals surface area (Å²) in [4.78, 5) is 15.5. The SMILES string of the molecule is Cc1ccc(-n2nnnc2SCC(=O)NCCc2c[nH]c3ccccc23)cc1C. The Morgan fingerprint density at radius 2 is 2.03 bits per heavy atom. The highest BCUT2D eigenvalue weighted by molar-refractivity contribution is 7.99. The van der Waals surface area contributed by atoms with Gasteiger partial charge < -0.3 is 10.3 Å². The molecule has 2 N–H and O–H groups in total. The minimum atomic E-state index is -0.0375. The summed E-state index contributed by atoms with van der Waals surface area (Å²) < 4.78 is 1.66. The molecule has 0 atom stereocenters. The van der Waals surface area contributed by atoms with Gasteiger partial charge in [0.15, 0.2) is 0 Å². The monoisotopic (exact) mass is 406 g/mol. The largest absolute Gasteiger partial charge is 0.361 e. The van der Waals surface area contributed by atoms with E-state index in [4.69, 9.17) is 0 Å². The number of aromatic nitrogens is 5. The van der Waals surface area contributed by atoms with Crippen LogP contribution in [0, 0.1) is 13.8 Å². The van der Waals surface area contributed by atoms with E-state index in [0.29, 0.717) is 11.7 Å². The minimum absolute atomic E-state index is 0.0375. The summed E-state index contributed by atoms with van der Waals surface area (Å²) in [5.74, 6) is 0.225. The number of aromatic amines is 1. The van der Waals surface area contributed by atoms with E-state index in [-0.39, 0.29) is 11.7 Å². The predicted octanol–water partition coefficient (Wildman–Crippen LogP) is 3.21. The third kappa shape index (κ3) is 4.32. The van der Waals surface area contributed by atoms with Crippen LogP contribution in [0.15, 0.2) is 53.8 Å². The lowest BCUT2D eigenvalue weighted by Gasteiger charge is -2.07. The molecule has 0 aliphatic carbocycles. The van der Waals surface area contributed by atoms with Crippen LogP contribution in [0.1, 0.15) is 16.7 Å². The third-order valence-electron chi connectivity index (χ3n) is 4.90. The fraction of sp³-hybridized carbons (Fsp3) is 0.238. The quantitative estimate of drug-likeness (QED) is 0.460. The van der Waals surface area contributed by atoms with Gasteiger partial charge in [-0.25, -0.2) is 0 Å². The number of rotatable bonds is 7. The zero-order valence-electron chi connectivity index (χ0n) is 16.3. The zero-order valence-corrected chi connectivity index (χ0v) is 17.2. The number of aryl methyl sites for hydroxylation is 2. The van der Waals surface area contributed by atoms with Crippen LogP contribution >= 0.6 is 11.8 Å². The van der Waals surface area contributed by atoms with Gasteiger partial charge in [0.05, 0.1) is 11.4 Å². The van der Waals surface area contributed by atoms with Gasteiger partial charge in [-0.1, -0.05) is 36.0 Å². The molecule has 0 fully saturated rings. The summed E-state index contributed by atoms with van der Waals surface area (Å²) in [6.45, 7) is 4.70. The van der Waals surface area contributed by atoms with Crippen molar-refractivity contribution in [1.29, 1.82) is 0 Å². The van der Waals surface area contributed by atoms with Crippen LogP contribution in [0.4, 0.5) is 0 Å². The number of thioether (sulfide) groups is 1. The average Bonchev–Trinajstić information content (AvgIpc) is 3.36. The highest BCUT2D eigenvalue weighted by Crippen LogP contribution is 2.20. The maximum absolute atomic E-state index is 12.3. The molecule has 1 amide bonds. The lowest BCUT2D eigenvalue weighted by molar-refractivity contribution is -0.118. The van der Waals surface area contributed by atoms with Crippen LogP contribution in [0.5, 0.6) is 0 Å². The summed E-state index contributed by atoms with van der Waals surface area (Å²) in [7, 11) is 0. The van der Waals surface area contributed by atoms with Gasteiger partial charge in [0.1, 0.15) is 0 Å². The maximum Gasteiger partial charge on any atom is 0.230 e. The standard InChI is InChI=1S/C21H22N6OS/c1-14-7-8-17(11-15(14)2)27-21(24-25-26-27)29-13-20(28)22-10-9-16-12-23-19-6-4-3-5-18(16)19/h3-8,11-12,23H,9-10,13H2,1-2H3,(H,22,28). The highest BCUT2D eigenvalue weighted by atomic mass is 32.2. The second-order valence-corrected chi connectivity index (χ2v) is 7.83. The predicted molar refractivity (Wildman–Crippen MR) is 114 cm³/mol. The van der Waals surface area contributed by atoms with E-state index in [1.165, 1.54) is 33.8 Å². The number of carbonyl (C=O) groups excluding carboxylic acids is 1. The van der Waals surface area contributed by atoms with Crippen LogP contribution < -0.4 is 5.32 Å². The second-order valence-electron chi connectivity index (χ2n) is 6.89. The first-order chi connectivity index (χ1) is 14.1. The van der Waals surface area contributed by atoms with E-state index in [1.54, 1.807) is 4.68 Å². The molecule has 0 spiro atoms. The Hall–Kier alpha value is -3.13. The molecule has 2 aromatic heterocycles. The second kappa shape index (κ2) is 8.48. The van der Waals surface area contributed by atoms with Crippen LogP contribution in [0.2, 0.25) is 0 Å². The number of fused-ring (bicyclic) bond motifs is 1. The summed E-state index contributed by atoms with van der Waals surface area (Å²) in [5, 5.41) is 16.6. The molecule has 0 aliphatic heterocycles. The number of amides is 1. The van der Waals surface area contributed by atoms with Crippen LogP contribution in [-0.4, -0.2) is 43.4 Å². The van der Waals surface area contributed by atoms with Crippen molar-refractivity contribution >= 4 is 28.6 Å². The first kappa shape index (κ1) is 19.2. The van der Waals surface area contributed by atoms with Gasteiger partial charge in [0, 0.05) is 23.6 Å². The Morgan fingerprint density at radius 1 is 1.17 bits per heavy atom. The number of hydrogen-bond acceptors (Lipinski definition) is 5. The molecule has 4 aromatic rings. The summed E-state index contributed by atoms with van der Waals surface area (Å²) in [5.41, 5.74) is 5.59. The molecule has 148 valence electrons. The van der Waals surface area contributed by atoms with Gasteiger partial charge in [-0.05, 0) is 65.6 Å². The van der Waals surface area contributed by atoms with E-state index >= 15 is 0 Å². The van der Waals surface area contributed by atoms with E-state index < -0.39 is 0 Å². The topological polar surface area (TPSA) is 88.5 Å². The average molecular weight is 407 g/mol. The molecule has 0 saturated carbocycles. The maximum atomic E-state index is 12.3. The number of benzene rings is 2. The van der Waals surface area contributed by atoms with Crippen molar-refractivity contribution in [2.24, 2.45) is 0 Å². The molecular formula is C21H22N6OS. The molecule has 0 unspecified atom stereocenters. The highest BCUT2D eigenvalue weighted by Gasteiger charge is 2.12. The van der Waals surface area contributed by atoms with Gasteiger partial charge in [0.25, 0.3) is 0 Å². The molecular weight excluding hydrogens is 384 g/mol. The Labute approximate surface area is 172 Å². The molecule has 4 rings (SSSR count). The smallest absolute Gasteiger partial charge is 0.230 e. The van der Waals surface area contributed by atoms with Crippen LogP contribution in [-0.2, 0) is 11.2 Å². The van der Waals surface area contributed by atoms with E-state index in [9.17, 15) is 4.79 Å². The lowest BCUT2D eigenvalue weighted by Crippen LogP contribution is -2.27. The lowest BCUT2D eigenvalue weighted by atomic mass is 10.1. The Balaban J connectivity index is 1.31. The fourth-order valence-electron chi connectivity index (χ4n) is 3.14. The van der Waals surface area contributed by atoms with Crippen molar-refractivity contribution in [2.45, 2.75) is 25.4 Å². The number of nitrogens with one attached hydrogen (secondary N) is 2. The number of tetrazole rings is 1. The molecule has 0 radical (unpaired) electrons. The Bertz CT molecular complexity index is 1150. The number of hydrogen-bond donors (Lipinski definition) is 2. The van der Waals surface area contributed by atoms with Crippen molar-refractivity contribution in [2.75, 3.05) is 12.3 Å². The van der Waals surface area contributed by atoms with Crippen molar-refractivity contribution in [1.82, 2.24) is 30.5 Å². The first-order valence-corrected chi connectivity index (χ1v) is 10.4. The van der Waals surface area contributed by atoms with Crippen molar-refractivity contribution in [3.8, 4) is 5.69 Å². The van der Waals surface area contributed by atoms with Gasteiger partial charge in [0.2, 0.25) is 11.1 Å². The number of para-hydroxylation sites is 1. The first-order valence-electron chi connectivity index (χ1n) is 9.42. The normalized spacial score (nSPS) is 11.1. The number of nitrogens with zero attached hydrogens (tertiary/aromatic N) is 4. The Morgan fingerprint density at radius 3 is 2.90 bits per heavy atom. The molecule has 8 heteroatoms. The van der Waals surface area contributed by atoms with Gasteiger partial charge in [-0.15, -0.1) is 5.10 Å². The Kier molecular flexibility index (Phi) is 5.62. The summed E-state index contributed by atoms with van der Waals surface area (Å²) >= 11 is 1.33. The fourth-order valence-corrected chi connectivity index (χ4v) is 3.87. The molecule has 2 heterocycles. The van der Waals surface area contributed by atoms with Crippen LogP contribution in [0.3, 0.4) is 0 Å². The number of carbonyl (C=O) groups is 1. The third-order valence-corrected chi connectivity index (χ3v) is 5.82. The van der Waals surface area contributed by atoms with Crippen molar-refractivity contribution in [3.63, 3.8) is 0 Å². The summed E-state index contributed by atoms with van der Waals surface area (Å²) in [6.07, 6.45) is 2.78. The van der Waals surface area contributed by atoms with Crippen molar-refractivity contribution in [3.05, 3.63) is 65.4 Å². The zero-order chi connectivity index (χ0) is 20.2. The minimum Gasteiger partial charge on any atom is -0.361 e. The van der Waals surface area contributed by atoms with Crippen LogP contribution in [0.25, 0.3) is 16.6 Å². The van der Waals surface area contributed by atoms with Gasteiger partial charge in [-0.3, -0.25) is 4.79 Å². The molecule has 7 nitrogen and oxygen atoms in total. The molecule has 29 heavy (non-hydrogen) atoms. The van der Waals surface area contributed by atoms with E-state index in [1.807, 2.05) is 42.6 Å². The molecule has 0 bridgehead atoms. The molecule has 0 saturated heterocycles. The molecule has 0 aliphatic rings. The van der Waals surface area contributed by atoms with E-state index in [2.05, 4.69) is 45.7 Å².